The minimum absolute atomic E-state index is 0.0415. The van der Waals surface area contributed by atoms with E-state index in [4.69, 9.17) is 4.74 Å². The third-order valence-corrected chi connectivity index (χ3v) is 8.15. The molecule has 8 heteroatoms. The van der Waals surface area contributed by atoms with Gasteiger partial charge in [0, 0.05) is 25.6 Å². The second kappa shape index (κ2) is 11.2. The maximum Gasteiger partial charge on any atom is 0.247 e. The van der Waals surface area contributed by atoms with Crippen molar-refractivity contribution in [3.05, 3.63) is 65.7 Å². The molecule has 0 aliphatic carbocycles. The molecule has 2 aromatic carbocycles. The first-order valence-electron chi connectivity index (χ1n) is 11.5. The number of amides is 1. The molecule has 0 radical (unpaired) electrons. The zero-order valence-corrected chi connectivity index (χ0v) is 21.0. The molecule has 0 fully saturated rings. The van der Waals surface area contributed by atoms with Gasteiger partial charge < -0.3 is 14.7 Å². The monoisotopic (exact) mass is 486 g/mol. The van der Waals surface area contributed by atoms with Gasteiger partial charge in [-0.15, -0.1) is 0 Å². The van der Waals surface area contributed by atoms with Crippen LogP contribution in [0.3, 0.4) is 0 Å². The molecule has 0 spiro atoms. The van der Waals surface area contributed by atoms with Crippen molar-refractivity contribution in [3.8, 4) is 5.75 Å². The summed E-state index contributed by atoms with van der Waals surface area (Å²) in [5, 5.41) is 9.75. The van der Waals surface area contributed by atoms with E-state index in [0.717, 1.165) is 11.1 Å². The van der Waals surface area contributed by atoms with Gasteiger partial charge in [0.05, 0.1) is 19.6 Å². The van der Waals surface area contributed by atoms with Crippen LogP contribution in [0.15, 0.2) is 59.5 Å². The van der Waals surface area contributed by atoms with Crippen molar-refractivity contribution in [2.75, 3.05) is 26.7 Å². The normalized spacial score (nSPS) is 21.2. The molecular weight excluding hydrogens is 452 g/mol. The minimum atomic E-state index is -3.88. The second-order valence-corrected chi connectivity index (χ2v) is 10.7. The number of likely N-dealkylation sites (N-methyl/N-ethyl adjacent to an activating group) is 1. The van der Waals surface area contributed by atoms with Crippen LogP contribution in [0.25, 0.3) is 6.08 Å². The summed E-state index contributed by atoms with van der Waals surface area (Å²) >= 11 is 0. The number of aliphatic hydroxyl groups is 1. The predicted molar refractivity (Wildman–Crippen MR) is 133 cm³/mol. The number of carbonyl (C=O) groups excluding carboxylic acids is 1. The number of hydrogen-bond donors (Lipinski definition) is 1. The van der Waals surface area contributed by atoms with Gasteiger partial charge in [0.15, 0.2) is 0 Å². The number of hydrogen-bond acceptors (Lipinski definition) is 5. The van der Waals surface area contributed by atoms with Crippen molar-refractivity contribution in [2.45, 2.75) is 44.2 Å². The van der Waals surface area contributed by atoms with Gasteiger partial charge in [-0.3, -0.25) is 4.79 Å². The number of rotatable bonds is 7. The number of sulfonamides is 1. The van der Waals surface area contributed by atoms with E-state index in [2.05, 4.69) is 0 Å². The number of nitrogens with zero attached hydrogens (tertiary/aromatic N) is 2. The largest absolute Gasteiger partial charge is 0.487 e. The summed E-state index contributed by atoms with van der Waals surface area (Å²) in [4.78, 5) is 14.6. The van der Waals surface area contributed by atoms with E-state index < -0.39 is 22.2 Å². The Morgan fingerprint density at radius 1 is 1.26 bits per heavy atom. The van der Waals surface area contributed by atoms with Crippen molar-refractivity contribution >= 4 is 22.0 Å². The Labute approximate surface area is 202 Å². The smallest absolute Gasteiger partial charge is 0.247 e. The molecular formula is C26H34N2O5S. The summed E-state index contributed by atoms with van der Waals surface area (Å²) in [5.41, 5.74) is 1.75. The number of benzene rings is 2. The van der Waals surface area contributed by atoms with E-state index in [9.17, 15) is 18.3 Å². The van der Waals surface area contributed by atoms with E-state index in [-0.39, 0.29) is 42.0 Å². The predicted octanol–water partition coefficient (Wildman–Crippen LogP) is 3.19. The second-order valence-electron chi connectivity index (χ2n) is 8.88. The van der Waals surface area contributed by atoms with Crippen LogP contribution in [0.1, 0.15) is 31.9 Å². The fourth-order valence-electron chi connectivity index (χ4n) is 4.03. The van der Waals surface area contributed by atoms with Gasteiger partial charge in [0.2, 0.25) is 15.9 Å². The molecule has 1 aliphatic heterocycles. The SMILES string of the molecule is C/C=C/c1ccc2c(c1)O[C@H](CN(C)C(=O)Cc1ccccc1)[C@@H](C)CN([C@@H](C)CO)S2(=O)=O. The lowest BCUT2D eigenvalue weighted by Crippen LogP contribution is -2.50. The average molecular weight is 487 g/mol. The lowest BCUT2D eigenvalue weighted by atomic mass is 10.0. The first-order chi connectivity index (χ1) is 16.2. The maximum absolute atomic E-state index is 13.5. The molecule has 0 saturated heterocycles. The molecule has 0 saturated carbocycles. The van der Waals surface area contributed by atoms with Crippen LogP contribution in [0.2, 0.25) is 0 Å². The summed E-state index contributed by atoms with van der Waals surface area (Å²) < 4.78 is 34.6. The fraction of sp³-hybridized carbons (Fsp3) is 0.423. The van der Waals surface area contributed by atoms with E-state index in [1.807, 2.05) is 56.3 Å². The van der Waals surface area contributed by atoms with Gasteiger partial charge in [-0.1, -0.05) is 55.5 Å². The number of carbonyl (C=O) groups is 1. The molecule has 0 aromatic heterocycles. The summed E-state index contributed by atoms with van der Waals surface area (Å²) in [7, 11) is -2.15. The van der Waals surface area contributed by atoms with Crippen molar-refractivity contribution in [1.29, 1.82) is 0 Å². The Balaban J connectivity index is 1.94. The zero-order valence-electron chi connectivity index (χ0n) is 20.2. The topological polar surface area (TPSA) is 87.2 Å². The van der Waals surface area contributed by atoms with Gasteiger partial charge in [0.25, 0.3) is 0 Å². The van der Waals surface area contributed by atoms with Crippen LogP contribution >= 0.6 is 0 Å². The number of ether oxygens (including phenoxy) is 1. The van der Waals surface area contributed by atoms with Crippen LogP contribution in [0.5, 0.6) is 5.75 Å². The molecule has 34 heavy (non-hydrogen) atoms. The highest BCUT2D eigenvalue weighted by Crippen LogP contribution is 2.34. The number of allylic oxidation sites excluding steroid dienone is 1. The van der Waals surface area contributed by atoms with E-state index in [0.29, 0.717) is 6.54 Å². The van der Waals surface area contributed by atoms with Crippen LogP contribution in [-0.4, -0.2) is 67.5 Å². The lowest BCUT2D eigenvalue weighted by molar-refractivity contribution is -0.130. The van der Waals surface area contributed by atoms with Crippen molar-refractivity contribution in [3.63, 3.8) is 0 Å². The molecule has 1 amide bonds. The number of aliphatic hydroxyl groups excluding tert-OH is 1. The molecule has 1 N–H and O–H groups in total. The molecule has 2 aromatic rings. The third-order valence-electron chi connectivity index (χ3n) is 6.13. The Morgan fingerprint density at radius 3 is 2.62 bits per heavy atom. The van der Waals surface area contributed by atoms with Gasteiger partial charge in [-0.25, -0.2) is 8.42 Å². The summed E-state index contributed by atoms with van der Waals surface area (Å²) in [6, 6.07) is 14.0. The van der Waals surface area contributed by atoms with E-state index in [1.54, 1.807) is 37.1 Å². The average Bonchev–Trinajstić information content (AvgIpc) is 2.81. The first-order valence-corrected chi connectivity index (χ1v) is 12.9. The standard InChI is InChI=1S/C26H34N2O5S/c1-5-9-21-12-13-25-23(14-21)33-24(19(2)16-28(20(3)18-29)34(25,31)32)17-27(4)26(30)15-22-10-7-6-8-11-22/h5-14,19-20,24,29H,15-18H2,1-4H3/b9-5+/t19-,20-,24+/m0/s1. The Kier molecular flexibility index (Phi) is 8.52. The van der Waals surface area contributed by atoms with Gasteiger partial charge in [-0.2, -0.15) is 4.31 Å². The van der Waals surface area contributed by atoms with Crippen LogP contribution in [-0.2, 0) is 21.2 Å². The van der Waals surface area contributed by atoms with Crippen LogP contribution in [0.4, 0.5) is 0 Å². The molecule has 0 unspecified atom stereocenters. The Morgan fingerprint density at radius 2 is 1.97 bits per heavy atom. The summed E-state index contributed by atoms with van der Waals surface area (Å²) in [5.74, 6) is -0.0133. The summed E-state index contributed by atoms with van der Waals surface area (Å²) in [6.45, 7) is 5.67. The lowest BCUT2D eigenvalue weighted by Gasteiger charge is -2.37. The van der Waals surface area contributed by atoms with E-state index in [1.165, 1.54) is 4.31 Å². The Hall–Kier alpha value is -2.68. The van der Waals surface area contributed by atoms with Crippen molar-refractivity contribution in [2.24, 2.45) is 5.92 Å². The molecule has 3 rings (SSSR count). The molecule has 1 heterocycles. The first kappa shape index (κ1) is 25.9. The van der Waals surface area contributed by atoms with Gasteiger partial charge in [-0.05, 0) is 37.1 Å². The van der Waals surface area contributed by atoms with Gasteiger partial charge in [0.1, 0.15) is 16.7 Å². The number of fused-ring (bicyclic) bond motifs is 1. The van der Waals surface area contributed by atoms with Crippen LogP contribution < -0.4 is 4.74 Å². The minimum Gasteiger partial charge on any atom is -0.487 e. The van der Waals surface area contributed by atoms with Crippen molar-refractivity contribution < 1.29 is 23.1 Å². The fourth-order valence-corrected chi connectivity index (χ4v) is 5.86. The summed E-state index contributed by atoms with van der Waals surface area (Å²) in [6.07, 6.45) is 3.59. The molecule has 184 valence electrons. The highest BCUT2D eigenvalue weighted by molar-refractivity contribution is 7.89. The molecule has 3 atom stereocenters. The molecule has 0 bridgehead atoms. The Bertz CT molecular complexity index is 1120. The third kappa shape index (κ3) is 5.87. The highest BCUT2D eigenvalue weighted by Gasteiger charge is 2.38. The van der Waals surface area contributed by atoms with E-state index >= 15 is 0 Å². The van der Waals surface area contributed by atoms with Gasteiger partial charge >= 0.3 is 0 Å². The highest BCUT2D eigenvalue weighted by atomic mass is 32.2. The van der Waals surface area contributed by atoms with Crippen LogP contribution in [0, 0.1) is 5.92 Å². The maximum atomic E-state index is 13.5. The quantitative estimate of drug-likeness (QED) is 0.650. The molecule has 7 nitrogen and oxygen atoms in total. The zero-order chi connectivity index (χ0) is 24.9. The van der Waals surface area contributed by atoms with Crippen molar-refractivity contribution in [1.82, 2.24) is 9.21 Å². The molecule has 1 aliphatic rings.